The summed E-state index contributed by atoms with van der Waals surface area (Å²) in [5, 5.41) is 0. The van der Waals surface area contributed by atoms with Crippen LogP contribution >= 0.6 is 0 Å². The zero-order valence-electron chi connectivity index (χ0n) is 17.6. The molecule has 2 bridgehead atoms. The molecule has 3 aliphatic carbocycles. The maximum Gasteiger partial charge on any atom is 0.490 e. The summed E-state index contributed by atoms with van der Waals surface area (Å²) in [5.41, 5.74) is 2.11. The number of hydrogen-bond acceptors (Lipinski definition) is 6. The highest BCUT2D eigenvalue weighted by molar-refractivity contribution is 6.55. The van der Waals surface area contributed by atoms with Crippen LogP contribution in [-0.4, -0.2) is 38.7 Å². The second kappa shape index (κ2) is 6.25. The van der Waals surface area contributed by atoms with Crippen molar-refractivity contribution in [3.63, 3.8) is 0 Å². The summed E-state index contributed by atoms with van der Waals surface area (Å²) in [7, 11) is 1.13. The Morgan fingerprint density at radius 2 is 2.03 bits per heavy atom. The number of methoxy groups -OCH3 is 1. The van der Waals surface area contributed by atoms with E-state index in [9.17, 15) is 4.79 Å². The van der Waals surface area contributed by atoms with E-state index in [2.05, 4.69) is 20.8 Å². The Bertz CT molecular complexity index is 909. The Balaban J connectivity index is 1.45. The lowest BCUT2D eigenvalue weighted by atomic mass is 9.43. The first kappa shape index (κ1) is 19.0. The third kappa shape index (κ3) is 2.60. The lowest BCUT2D eigenvalue weighted by Crippen LogP contribution is -2.65. The number of carbonyl (C=O) groups is 1. The largest absolute Gasteiger partial charge is 0.496 e. The first-order valence-electron chi connectivity index (χ1n) is 10.3. The van der Waals surface area contributed by atoms with E-state index in [1.54, 1.807) is 6.07 Å². The molecule has 5 aliphatic rings. The highest BCUT2D eigenvalue weighted by Gasteiger charge is 2.67. The average molecular weight is 398 g/mol. The predicted molar refractivity (Wildman–Crippen MR) is 108 cm³/mol. The van der Waals surface area contributed by atoms with Gasteiger partial charge in [-0.15, -0.1) is 0 Å². The Morgan fingerprint density at radius 1 is 1.24 bits per heavy atom. The molecule has 1 saturated heterocycles. The summed E-state index contributed by atoms with van der Waals surface area (Å²) in [6.45, 7) is 8.81. The highest BCUT2D eigenvalue weighted by atomic mass is 16.7. The normalized spacial score (nSPS) is 34.5. The van der Waals surface area contributed by atoms with Crippen molar-refractivity contribution in [1.29, 1.82) is 0 Å². The molecule has 4 atom stereocenters. The van der Waals surface area contributed by atoms with Gasteiger partial charge in [-0.25, -0.2) is 4.79 Å². The van der Waals surface area contributed by atoms with Crippen molar-refractivity contribution in [3.05, 3.63) is 28.7 Å². The summed E-state index contributed by atoms with van der Waals surface area (Å²) in [6, 6.07) is 3.63. The van der Waals surface area contributed by atoms with Gasteiger partial charge in [0, 0.05) is 5.56 Å². The highest BCUT2D eigenvalue weighted by Crippen LogP contribution is 2.65. The molecule has 1 aromatic carbocycles. The van der Waals surface area contributed by atoms with Crippen molar-refractivity contribution < 1.29 is 28.3 Å². The van der Waals surface area contributed by atoms with Gasteiger partial charge in [-0.3, -0.25) is 0 Å². The molecule has 6 nitrogen and oxygen atoms in total. The molecular weight excluding hydrogens is 371 g/mol. The number of cyclic esters (lactones) is 1. The molecule has 0 spiro atoms. The van der Waals surface area contributed by atoms with E-state index in [-0.39, 0.29) is 18.5 Å². The fraction of sp³-hybridized carbons (Fsp3) is 0.591. The molecule has 0 aromatic heterocycles. The van der Waals surface area contributed by atoms with Crippen LogP contribution in [0.15, 0.2) is 17.6 Å². The van der Waals surface area contributed by atoms with E-state index in [1.165, 1.54) is 13.5 Å². The van der Waals surface area contributed by atoms with Gasteiger partial charge in [-0.2, -0.15) is 0 Å². The van der Waals surface area contributed by atoms with Gasteiger partial charge in [0.25, 0.3) is 0 Å². The van der Waals surface area contributed by atoms with Crippen molar-refractivity contribution >= 4 is 19.2 Å². The van der Waals surface area contributed by atoms with Gasteiger partial charge in [-0.1, -0.05) is 19.9 Å². The minimum atomic E-state index is -0.440. The zero-order valence-corrected chi connectivity index (χ0v) is 17.6. The molecule has 0 N–H and O–H groups in total. The molecule has 29 heavy (non-hydrogen) atoms. The summed E-state index contributed by atoms with van der Waals surface area (Å²) in [5.74, 6) is 1.71. The summed E-state index contributed by atoms with van der Waals surface area (Å²) in [4.78, 5) is 12.2. The summed E-state index contributed by atoms with van der Waals surface area (Å²) < 4.78 is 28.9. The number of hydrogen-bond donors (Lipinski definition) is 0. The van der Waals surface area contributed by atoms with Gasteiger partial charge in [0.15, 0.2) is 0 Å². The predicted octanol–water partition coefficient (Wildman–Crippen LogP) is 3.87. The quantitative estimate of drug-likeness (QED) is 0.569. The third-order valence-corrected chi connectivity index (χ3v) is 7.67. The zero-order chi connectivity index (χ0) is 20.6. The van der Waals surface area contributed by atoms with Crippen molar-refractivity contribution in [2.45, 2.75) is 52.2 Å². The molecule has 6 rings (SSSR count). The van der Waals surface area contributed by atoms with Gasteiger partial charge >= 0.3 is 13.1 Å². The Labute approximate surface area is 171 Å². The lowest BCUT2D eigenvalue weighted by molar-refractivity contribution is -0.199. The number of benzene rings is 1. The standard InChI is InChI=1S/C22H27BO6/c1-12(8-13-6-7-15(25-5)18-19(13)26-11-27-20(18)24)23-28-17-10-14-9-16(21(14,2)3)22(17,4)29-23/h6-8,14,16-17H,9-11H2,1-5H3/b12-8-/t14?,16?,17?,22-/m0/s1. The molecular formula is C22H27BO6. The van der Waals surface area contributed by atoms with Crippen LogP contribution in [0.1, 0.15) is 56.5 Å². The number of esters is 1. The minimum absolute atomic E-state index is 0.104. The van der Waals surface area contributed by atoms with Crippen molar-refractivity contribution in [1.82, 2.24) is 0 Å². The second-order valence-corrected chi connectivity index (χ2v) is 9.44. The van der Waals surface area contributed by atoms with Crippen LogP contribution in [0, 0.1) is 17.3 Å². The molecule has 2 heterocycles. The van der Waals surface area contributed by atoms with E-state index in [0.717, 1.165) is 17.5 Å². The third-order valence-electron chi connectivity index (χ3n) is 7.67. The fourth-order valence-electron chi connectivity index (χ4n) is 5.80. The topological polar surface area (TPSA) is 63.2 Å². The number of allylic oxidation sites excluding steroid dienone is 1. The van der Waals surface area contributed by atoms with E-state index in [4.69, 9.17) is 23.5 Å². The number of ether oxygens (including phenoxy) is 3. The van der Waals surface area contributed by atoms with E-state index >= 15 is 0 Å². The molecule has 3 unspecified atom stereocenters. The first-order chi connectivity index (χ1) is 13.8. The summed E-state index contributed by atoms with van der Waals surface area (Å²) in [6.07, 6.45) is 4.37. The molecule has 154 valence electrons. The molecule has 4 fully saturated rings. The van der Waals surface area contributed by atoms with Crippen LogP contribution in [0.4, 0.5) is 0 Å². The second-order valence-electron chi connectivity index (χ2n) is 9.44. The maximum atomic E-state index is 12.2. The van der Waals surface area contributed by atoms with Crippen LogP contribution in [0.5, 0.6) is 11.5 Å². The van der Waals surface area contributed by atoms with E-state index in [0.29, 0.717) is 34.3 Å². The summed E-state index contributed by atoms with van der Waals surface area (Å²) >= 11 is 0. The van der Waals surface area contributed by atoms with Gasteiger partial charge in [0.1, 0.15) is 17.1 Å². The SMILES string of the molecule is COc1ccc(/C=C(/C)B2OC3CC4CC(C4(C)C)[C@]3(C)O2)c2c1C(=O)OCO2. The first-order valence-corrected chi connectivity index (χ1v) is 10.3. The Kier molecular flexibility index (Phi) is 4.10. The van der Waals surface area contributed by atoms with Crippen molar-refractivity contribution in [2.24, 2.45) is 17.3 Å². The van der Waals surface area contributed by atoms with Crippen LogP contribution in [0.2, 0.25) is 0 Å². The lowest BCUT2D eigenvalue weighted by Gasteiger charge is -2.64. The minimum Gasteiger partial charge on any atom is -0.496 e. The molecule has 2 aliphatic heterocycles. The van der Waals surface area contributed by atoms with Crippen molar-refractivity contribution in [2.75, 3.05) is 13.9 Å². The molecule has 3 saturated carbocycles. The van der Waals surface area contributed by atoms with Gasteiger partial charge in [-0.05, 0) is 61.5 Å². The van der Waals surface area contributed by atoms with Crippen LogP contribution < -0.4 is 9.47 Å². The number of rotatable bonds is 3. The van der Waals surface area contributed by atoms with Gasteiger partial charge in [0.2, 0.25) is 6.79 Å². The average Bonchev–Trinajstić information content (AvgIpc) is 3.05. The Hall–Kier alpha value is -1.99. The molecule has 0 radical (unpaired) electrons. The maximum absolute atomic E-state index is 12.2. The van der Waals surface area contributed by atoms with Crippen molar-refractivity contribution in [3.8, 4) is 11.5 Å². The molecule has 1 aromatic rings. The van der Waals surface area contributed by atoms with E-state index in [1.807, 2.05) is 19.1 Å². The van der Waals surface area contributed by atoms with Crippen LogP contribution in [-0.2, 0) is 14.0 Å². The molecule has 7 heteroatoms. The van der Waals surface area contributed by atoms with Gasteiger partial charge in [0.05, 0.1) is 18.8 Å². The monoisotopic (exact) mass is 398 g/mol. The number of fused-ring (bicyclic) bond motifs is 1. The van der Waals surface area contributed by atoms with Gasteiger partial charge < -0.3 is 23.5 Å². The smallest absolute Gasteiger partial charge is 0.490 e. The fourth-order valence-corrected chi connectivity index (χ4v) is 5.80. The Morgan fingerprint density at radius 3 is 2.76 bits per heavy atom. The molecule has 0 amide bonds. The van der Waals surface area contributed by atoms with E-state index < -0.39 is 13.1 Å². The van der Waals surface area contributed by atoms with Crippen LogP contribution in [0.25, 0.3) is 6.08 Å². The van der Waals surface area contributed by atoms with Crippen LogP contribution in [0.3, 0.4) is 0 Å². The number of carbonyl (C=O) groups excluding carboxylic acids is 1.